The molecule has 1 aromatic rings. The van der Waals surface area contributed by atoms with Crippen LogP contribution in [0, 0.1) is 0 Å². The summed E-state index contributed by atoms with van der Waals surface area (Å²) in [5.74, 6) is -2.23. The normalized spacial score (nSPS) is 16.4. The molecule has 0 fully saturated rings. The van der Waals surface area contributed by atoms with Gasteiger partial charge < -0.3 is 5.11 Å². The van der Waals surface area contributed by atoms with Gasteiger partial charge in [-0.3, -0.25) is 4.79 Å². The zero-order valence-electron chi connectivity index (χ0n) is 8.94. The van der Waals surface area contributed by atoms with Crippen molar-refractivity contribution in [2.45, 2.75) is 30.3 Å². The van der Waals surface area contributed by atoms with E-state index in [0.29, 0.717) is 12.0 Å². The fraction of sp³-hybridized carbons (Fsp3) is 0.417. The van der Waals surface area contributed by atoms with Gasteiger partial charge in [-0.05, 0) is 12.0 Å². The minimum atomic E-state index is -1.43. The number of carboxylic acids is 1. The number of alkyl halides is 2. The topological polar surface area (TPSA) is 37.3 Å². The molecule has 0 aliphatic heterocycles. The van der Waals surface area contributed by atoms with Crippen LogP contribution in [0.4, 0.5) is 4.39 Å². The Balaban J connectivity index is 2.96. The standard InChI is InChI=1S/C12H14BrFO2/c1-2-9(13)11(14)10(12(15)16)8-6-4-3-5-7-8/h3-7,9-11H,2H2,1H3,(H,15,16). The van der Waals surface area contributed by atoms with E-state index in [2.05, 4.69) is 15.9 Å². The molecule has 0 bridgehead atoms. The maximum Gasteiger partial charge on any atom is 0.314 e. The number of hydrogen-bond donors (Lipinski definition) is 1. The Morgan fingerprint density at radius 1 is 1.44 bits per heavy atom. The molecule has 0 spiro atoms. The van der Waals surface area contributed by atoms with Crippen molar-refractivity contribution in [2.75, 3.05) is 0 Å². The highest BCUT2D eigenvalue weighted by Gasteiger charge is 2.33. The fourth-order valence-corrected chi connectivity index (χ4v) is 1.86. The third-order valence-electron chi connectivity index (χ3n) is 2.48. The molecular formula is C12H14BrFO2. The second-order valence-electron chi connectivity index (χ2n) is 3.60. The zero-order chi connectivity index (χ0) is 12.1. The molecule has 1 rings (SSSR count). The highest BCUT2D eigenvalue weighted by Crippen LogP contribution is 2.29. The molecule has 0 amide bonds. The average Bonchev–Trinajstić information content (AvgIpc) is 2.29. The molecule has 0 heterocycles. The molecule has 16 heavy (non-hydrogen) atoms. The molecule has 3 atom stereocenters. The number of halogens is 2. The fourth-order valence-electron chi connectivity index (χ4n) is 1.56. The lowest BCUT2D eigenvalue weighted by atomic mass is 9.92. The van der Waals surface area contributed by atoms with Gasteiger partial charge in [0, 0.05) is 4.83 Å². The van der Waals surface area contributed by atoms with Gasteiger partial charge in [0.2, 0.25) is 0 Å². The minimum absolute atomic E-state index is 0.436. The van der Waals surface area contributed by atoms with Gasteiger partial charge in [0.1, 0.15) is 12.1 Å². The second kappa shape index (κ2) is 5.99. The third kappa shape index (κ3) is 3.04. The van der Waals surface area contributed by atoms with E-state index in [1.807, 2.05) is 6.92 Å². The van der Waals surface area contributed by atoms with Crippen LogP contribution in [0.2, 0.25) is 0 Å². The molecule has 0 aliphatic rings. The zero-order valence-corrected chi connectivity index (χ0v) is 10.5. The lowest BCUT2D eigenvalue weighted by Gasteiger charge is -2.21. The highest BCUT2D eigenvalue weighted by molar-refractivity contribution is 9.09. The van der Waals surface area contributed by atoms with Crippen LogP contribution in [0.3, 0.4) is 0 Å². The van der Waals surface area contributed by atoms with E-state index < -0.39 is 22.9 Å². The van der Waals surface area contributed by atoms with Crippen LogP contribution < -0.4 is 0 Å². The van der Waals surface area contributed by atoms with E-state index in [4.69, 9.17) is 5.11 Å². The lowest BCUT2D eigenvalue weighted by Crippen LogP contribution is -2.29. The lowest BCUT2D eigenvalue weighted by molar-refractivity contribution is -0.140. The number of benzene rings is 1. The van der Waals surface area contributed by atoms with E-state index in [9.17, 15) is 9.18 Å². The molecule has 1 aromatic carbocycles. The van der Waals surface area contributed by atoms with Gasteiger partial charge in [-0.25, -0.2) is 4.39 Å². The quantitative estimate of drug-likeness (QED) is 0.844. The number of carbonyl (C=O) groups is 1. The van der Waals surface area contributed by atoms with Crippen molar-refractivity contribution in [3.05, 3.63) is 35.9 Å². The van der Waals surface area contributed by atoms with Crippen molar-refractivity contribution in [3.8, 4) is 0 Å². The largest absolute Gasteiger partial charge is 0.481 e. The van der Waals surface area contributed by atoms with Crippen LogP contribution in [-0.2, 0) is 4.79 Å². The molecule has 0 aromatic heterocycles. The Hall–Kier alpha value is -0.900. The summed E-state index contributed by atoms with van der Waals surface area (Å²) in [5, 5.41) is 9.08. The molecule has 0 radical (unpaired) electrons. The van der Waals surface area contributed by atoms with Crippen LogP contribution in [0.15, 0.2) is 30.3 Å². The van der Waals surface area contributed by atoms with E-state index in [-0.39, 0.29) is 0 Å². The molecule has 0 saturated carbocycles. The number of hydrogen-bond acceptors (Lipinski definition) is 1. The monoisotopic (exact) mass is 288 g/mol. The van der Waals surface area contributed by atoms with E-state index in [1.165, 1.54) is 0 Å². The first-order valence-corrected chi connectivity index (χ1v) is 6.05. The van der Waals surface area contributed by atoms with Crippen molar-refractivity contribution in [1.29, 1.82) is 0 Å². The smallest absolute Gasteiger partial charge is 0.314 e. The Kier molecular flexibility index (Phi) is 4.93. The molecule has 0 saturated heterocycles. The first-order valence-electron chi connectivity index (χ1n) is 5.13. The van der Waals surface area contributed by atoms with Crippen LogP contribution >= 0.6 is 15.9 Å². The van der Waals surface area contributed by atoms with Gasteiger partial charge in [0.15, 0.2) is 0 Å². The second-order valence-corrected chi connectivity index (χ2v) is 4.77. The van der Waals surface area contributed by atoms with Crippen molar-refractivity contribution in [3.63, 3.8) is 0 Å². The van der Waals surface area contributed by atoms with Crippen molar-refractivity contribution < 1.29 is 14.3 Å². The Bertz CT molecular complexity index is 342. The summed E-state index contributed by atoms with van der Waals surface area (Å²) in [6, 6.07) is 8.49. The molecule has 0 aliphatic carbocycles. The molecule has 3 unspecified atom stereocenters. The average molecular weight is 289 g/mol. The summed E-state index contributed by atoms with van der Waals surface area (Å²) in [4.78, 5) is 10.7. The predicted octanol–water partition coefficient (Wildman–Crippen LogP) is 3.37. The minimum Gasteiger partial charge on any atom is -0.481 e. The SMILES string of the molecule is CCC(Br)C(F)C(C(=O)O)c1ccccc1. The van der Waals surface area contributed by atoms with E-state index in [1.54, 1.807) is 30.3 Å². The van der Waals surface area contributed by atoms with Gasteiger partial charge in [0.05, 0.1) is 0 Å². The summed E-state index contributed by atoms with van der Waals surface area (Å²) in [6.07, 6.45) is -0.873. The van der Waals surface area contributed by atoms with Crippen LogP contribution in [-0.4, -0.2) is 22.1 Å². The maximum atomic E-state index is 14.0. The highest BCUT2D eigenvalue weighted by atomic mass is 79.9. The first kappa shape index (κ1) is 13.2. The number of aliphatic carboxylic acids is 1. The van der Waals surface area contributed by atoms with E-state index >= 15 is 0 Å². The van der Waals surface area contributed by atoms with Crippen molar-refractivity contribution >= 4 is 21.9 Å². The Morgan fingerprint density at radius 3 is 2.44 bits per heavy atom. The molecular weight excluding hydrogens is 275 g/mol. The maximum absolute atomic E-state index is 14.0. The molecule has 2 nitrogen and oxygen atoms in total. The summed E-state index contributed by atoms with van der Waals surface area (Å²) in [7, 11) is 0. The van der Waals surface area contributed by atoms with Crippen molar-refractivity contribution in [2.24, 2.45) is 0 Å². The van der Waals surface area contributed by atoms with E-state index in [0.717, 1.165) is 0 Å². The molecule has 1 N–H and O–H groups in total. The van der Waals surface area contributed by atoms with Crippen LogP contribution in [0.5, 0.6) is 0 Å². The molecule has 88 valence electrons. The molecule has 4 heteroatoms. The third-order valence-corrected chi connectivity index (χ3v) is 3.63. The Morgan fingerprint density at radius 2 is 2.00 bits per heavy atom. The van der Waals surface area contributed by atoms with Gasteiger partial charge in [-0.1, -0.05) is 53.2 Å². The van der Waals surface area contributed by atoms with Gasteiger partial charge in [-0.2, -0.15) is 0 Å². The van der Waals surface area contributed by atoms with Gasteiger partial charge >= 0.3 is 5.97 Å². The summed E-state index contributed by atoms with van der Waals surface area (Å²) < 4.78 is 14.0. The van der Waals surface area contributed by atoms with Crippen LogP contribution in [0.1, 0.15) is 24.8 Å². The predicted molar refractivity (Wildman–Crippen MR) is 64.7 cm³/mol. The first-order chi connectivity index (χ1) is 7.57. The Labute approximate surface area is 103 Å². The number of carboxylic acid groups (broad SMARTS) is 1. The summed E-state index contributed by atoms with van der Waals surface area (Å²) in [5.41, 5.74) is 0.500. The summed E-state index contributed by atoms with van der Waals surface area (Å²) >= 11 is 3.17. The van der Waals surface area contributed by atoms with Gasteiger partial charge in [-0.15, -0.1) is 0 Å². The summed E-state index contributed by atoms with van der Waals surface area (Å²) in [6.45, 7) is 1.82. The van der Waals surface area contributed by atoms with Crippen LogP contribution in [0.25, 0.3) is 0 Å². The van der Waals surface area contributed by atoms with Crippen molar-refractivity contribution in [1.82, 2.24) is 0 Å². The van der Waals surface area contributed by atoms with Gasteiger partial charge in [0.25, 0.3) is 0 Å². The number of rotatable bonds is 5.